The number of nitrogens with two attached hydrogens (primary N) is 2. The fourth-order valence-electron chi connectivity index (χ4n) is 4.82. The minimum Gasteiger partial charge on any atom is -1.00 e. The largest absolute Gasteiger partial charge is 1.00 e. The third-order valence-electron chi connectivity index (χ3n) is 8.04. The van der Waals surface area contributed by atoms with Crippen molar-refractivity contribution in [3.05, 3.63) is 96.5 Å². The Kier molecular flexibility index (Phi) is 70.2. The van der Waals surface area contributed by atoms with Gasteiger partial charge in [-0.2, -0.15) is 15.8 Å². The maximum absolute atomic E-state index is 10.1. The van der Waals surface area contributed by atoms with Gasteiger partial charge in [-0.3, -0.25) is 14.1 Å². The Labute approximate surface area is 481 Å². The van der Waals surface area contributed by atoms with Gasteiger partial charge in [0.05, 0.1) is 85.1 Å². The van der Waals surface area contributed by atoms with Gasteiger partial charge in [0, 0.05) is 95.4 Å². The van der Waals surface area contributed by atoms with E-state index in [2.05, 4.69) is 4.52 Å². The first-order valence-corrected chi connectivity index (χ1v) is 23.2. The number of aldehydes is 1. The average molecular weight is 1120 g/mol. The molecule has 24 heteroatoms. The van der Waals surface area contributed by atoms with Crippen LogP contribution in [0, 0.1) is 34.0 Å². The summed E-state index contributed by atoms with van der Waals surface area (Å²) in [6, 6.07) is 14.2. The number of furan rings is 5. The van der Waals surface area contributed by atoms with Crippen LogP contribution < -0.4 is 64.7 Å². The number of carbonyl (C=O) groups excluding carboxylic acids is 1. The molecule has 0 amide bonds. The molecule has 0 aromatic carbocycles. The SMILES string of the molecule is C.C.C.C1CCOC1.CC(=O)O.CCOCC.COc1ccoc1/C=C/C#N.COc1ccoc1C=O.COc1ccoc1CCC#N.COc1ccoc1CCCN.COc1ccoc1CCCN.N#CCOP=O.[H-].[Na+]. The number of methoxy groups -OCH3 is 5. The van der Waals surface area contributed by atoms with Crippen LogP contribution in [0.15, 0.2) is 89.8 Å². The Morgan fingerprint density at radius 1 is 0.675 bits per heavy atom. The molecule has 0 spiro atoms. The zero-order valence-corrected chi connectivity index (χ0v) is 46.9. The second-order valence-electron chi connectivity index (χ2n) is 13.1. The van der Waals surface area contributed by atoms with E-state index in [9.17, 15) is 9.36 Å². The molecular weight excluding hydrogens is 1030 g/mol. The smallest absolute Gasteiger partial charge is 1.00 e. The number of carboxylic acid groups (broad SMARTS) is 1. The molecule has 430 valence electrons. The second-order valence-corrected chi connectivity index (χ2v) is 13.5. The van der Waals surface area contributed by atoms with Crippen molar-refractivity contribution < 1.29 is 110 Å². The first kappa shape index (κ1) is 84.6. The van der Waals surface area contributed by atoms with Crippen molar-refractivity contribution in [2.24, 2.45) is 11.5 Å². The summed E-state index contributed by atoms with van der Waals surface area (Å²) >= 11 is 0. The van der Waals surface area contributed by atoms with E-state index < -0.39 is 14.7 Å². The summed E-state index contributed by atoms with van der Waals surface area (Å²) < 4.78 is 73.0. The van der Waals surface area contributed by atoms with E-state index in [0.717, 1.165) is 93.6 Å². The fraction of sp³-hybridized carbons (Fsp3) is 0.491. The van der Waals surface area contributed by atoms with Crippen molar-refractivity contribution in [1.82, 2.24) is 0 Å². The van der Waals surface area contributed by atoms with Crippen LogP contribution in [0.4, 0.5) is 0 Å². The molecule has 0 atom stereocenters. The first-order chi connectivity index (χ1) is 35.5. The van der Waals surface area contributed by atoms with Gasteiger partial charge in [0.25, 0.3) is 5.97 Å². The molecule has 22 nitrogen and oxygen atoms in total. The summed E-state index contributed by atoms with van der Waals surface area (Å²) in [5, 5.41) is 31.6. The van der Waals surface area contributed by atoms with Crippen LogP contribution in [0.5, 0.6) is 28.7 Å². The number of aliphatic carboxylic acids is 1. The number of carbonyl (C=O) groups is 2. The molecule has 0 unspecified atom stereocenters. The fourth-order valence-corrected chi connectivity index (χ4v) is 4.93. The molecular formula is C53H85N5NaO17P. The summed E-state index contributed by atoms with van der Waals surface area (Å²) in [6.45, 7) is 10.0. The summed E-state index contributed by atoms with van der Waals surface area (Å²) in [5.41, 5.74) is 10.7. The van der Waals surface area contributed by atoms with E-state index in [0.29, 0.717) is 49.5 Å². The van der Waals surface area contributed by atoms with Gasteiger partial charge in [-0.25, -0.2) is 4.57 Å². The molecule has 0 aliphatic carbocycles. The molecule has 5 aromatic heterocycles. The predicted molar refractivity (Wildman–Crippen MR) is 291 cm³/mol. The molecule has 0 saturated carbocycles. The number of nitriles is 3. The molecule has 6 rings (SSSR count). The normalized spacial score (nSPS) is 9.65. The van der Waals surface area contributed by atoms with Crippen LogP contribution in [-0.4, -0.2) is 99.0 Å². The first-order valence-electron chi connectivity index (χ1n) is 22.5. The van der Waals surface area contributed by atoms with Crippen molar-refractivity contribution in [2.45, 2.75) is 94.4 Å². The van der Waals surface area contributed by atoms with Crippen LogP contribution >= 0.6 is 8.69 Å². The van der Waals surface area contributed by atoms with Gasteiger partial charge in [0.1, 0.15) is 23.9 Å². The zero-order chi connectivity index (χ0) is 55.2. The summed E-state index contributed by atoms with van der Waals surface area (Å²) in [5.74, 6) is 5.95. The van der Waals surface area contributed by atoms with Gasteiger partial charge in [-0.05, 0) is 58.7 Å². The third-order valence-corrected chi connectivity index (χ3v) is 8.28. The zero-order valence-electron chi connectivity index (χ0n) is 45.0. The quantitative estimate of drug-likeness (QED) is 0.0229. The topological polar surface area (TPSA) is 334 Å². The van der Waals surface area contributed by atoms with Crippen LogP contribution in [0.2, 0.25) is 0 Å². The number of carboxylic acids is 1. The molecule has 1 aliphatic heterocycles. The maximum atomic E-state index is 10.1. The molecule has 5 N–H and O–H groups in total. The Hall–Kier alpha value is -6.35. The van der Waals surface area contributed by atoms with Gasteiger partial charge in [0.15, 0.2) is 40.8 Å². The van der Waals surface area contributed by atoms with Gasteiger partial charge in [-0.1, -0.05) is 22.3 Å². The second kappa shape index (κ2) is 63.9. The van der Waals surface area contributed by atoms with E-state index in [4.69, 9.17) is 92.4 Å². The molecule has 0 bridgehead atoms. The standard InChI is InChI=1S/2C8H13NO2.C8H9NO2.C8H7NO2.C6H6O3.C4H8O.C4H10O.C2H2NO2P.C2H4O2.3CH4.Na.H/c4*1-10-7-4-6-11-8(7)3-2-5-9;1-8-5-2-3-9-6(5)4-7;1-2-4-5-3-1;1-3-5-4-2;3-1-2-5-6-4;1-2(3)4;;;;;/h2*4,6H,2-3,5,9H2,1H3;4,6H,2-3H2,1H3;2-4,6H,1H3;2-4H,1H3;1-4H2;3-4H2,1-2H3;2H2;1H3,(H,3,4);3*1H4;;/q;;;;;;;;;;;;+1;-1/b;;;3-2+;;;;;;;;;;. The molecule has 1 fully saturated rings. The Morgan fingerprint density at radius 2 is 1.05 bits per heavy atom. The maximum Gasteiger partial charge on any atom is 1.00 e. The Balaban J connectivity index is -0.000000119. The van der Waals surface area contributed by atoms with Gasteiger partial charge in [-0.15, -0.1) is 0 Å². The minimum atomic E-state index is -0.833. The summed E-state index contributed by atoms with van der Waals surface area (Å²) in [4.78, 5) is 19.1. The van der Waals surface area contributed by atoms with E-state index in [-0.39, 0.29) is 65.6 Å². The predicted octanol–water partition coefficient (Wildman–Crippen LogP) is 8.72. The van der Waals surface area contributed by atoms with E-state index >= 15 is 0 Å². The molecule has 77 heavy (non-hydrogen) atoms. The third kappa shape index (κ3) is 47.8. The monoisotopic (exact) mass is 1120 g/mol. The van der Waals surface area contributed by atoms with Crippen LogP contribution in [0.25, 0.3) is 6.08 Å². The summed E-state index contributed by atoms with van der Waals surface area (Å²) in [7, 11) is 7.46. The molecule has 0 radical (unpaired) electrons. The van der Waals surface area contributed by atoms with Crippen molar-refractivity contribution in [3.63, 3.8) is 0 Å². The molecule has 5 aromatic rings. The van der Waals surface area contributed by atoms with Crippen molar-refractivity contribution in [2.75, 3.05) is 81.7 Å². The Bertz CT molecular complexity index is 2160. The Morgan fingerprint density at radius 3 is 1.32 bits per heavy atom. The average Bonchev–Trinajstić information content (AvgIpc) is 4.28. The van der Waals surface area contributed by atoms with Gasteiger partial charge < -0.3 is 73.2 Å². The van der Waals surface area contributed by atoms with Crippen molar-refractivity contribution in [3.8, 4) is 47.0 Å². The number of hydrogen-bond donors (Lipinski definition) is 3. The number of allylic oxidation sites excluding steroid dienone is 1. The van der Waals surface area contributed by atoms with E-state index in [1.807, 2.05) is 38.1 Å². The van der Waals surface area contributed by atoms with E-state index in [1.54, 1.807) is 77.6 Å². The van der Waals surface area contributed by atoms with Gasteiger partial charge >= 0.3 is 38.2 Å². The van der Waals surface area contributed by atoms with Crippen molar-refractivity contribution >= 4 is 27.0 Å². The molecule has 1 aliphatic rings. The molecule has 1 saturated heterocycles. The number of aryl methyl sites for hydroxylation is 3. The van der Waals surface area contributed by atoms with Crippen LogP contribution in [0.1, 0.15) is 110 Å². The minimum absolute atomic E-state index is 0. The number of rotatable bonds is 19. The summed E-state index contributed by atoms with van der Waals surface area (Å²) in [6.07, 6.45) is 18.4. The number of ether oxygens (including phenoxy) is 7. The van der Waals surface area contributed by atoms with Crippen molar-refractivity contribution in [1.29, 1.82) is 15.8 Å². The van der Waals surface area contributed by atoms with Crippen LogP contribution in [0.3, 0.4) is 0 Å². The van der Waals surface area contributed by atoms with Gasteiger partial charge in [0.2, 0.25) is 5.76 Å². The number of hydrogen-bond acceptors (Lipinski definition) is 21. The number of nitrogens with zero attached hydrogens (tertiary/aromatic N) is 3. The van der Waals surface area contributed by atoms with Crippen LogP contribution in [-0.2, 0) is 42.6 Å². The van der Waals surface area contributed by atoms with E-state index in [1.165, 1.54) is 38.6 Å². The molecule has 6 heterocycles.